The molecule has 0 bridgehead atoms. The van der Waals surface area contributed by atoms with Gasteiger partial charge in [0.1, 0.15) is 5.75 Å². The van der Waals surface area contributed by atoms with Gasteiger partial charge in [-0.15, -0.1) is 0 Å². The standard InChI is InChI=1S/C17H26N2O4S/c1-5-24(21,22)19-8-6-7-18(9-10-19)17(20)16-14(3)11-13(2)12-15(16)23-4/h11-12H,5-10H2,1-4H3. The summed E-state index contributed by atoms with van der Waals surface area (Å²) in [7, 11) is -1.66. The molecular weight excluding hydrogens is 328 g/mol. The molecule has 2 rings (SSSR count). The molecule has 0 aliphatic carbocycles. The van der Waals surface area contributed by atoms with Gasteiger partial charge in [0, 0.05) is 26.2 Å². The molecule has 0 unspecified atom stereocenters. The molecule has 6 nitrogen and oxygen atoms in total. The molecule has 0 N–H and O–H groups in total. The summed E-state index contributed by atoms with van der Waals surface area (Å²) >= 11 is 0. The number of amides is 1. The monoisotopic (exact) mass is 354 g/mol. The first-order chi connectivity index (χ1) is 11.3. The highest BCUT2D eigenvalue weighted by molar-refractivity contribution is 7.89. The average Bonchev–Trinajstić information content (AvgIpc) is 2.80. The van der Waals surface area contributed by atoms with Crippen molar-refractivity contribution in [3.8, 4) is 5.75 Å². The van der Waals surface area contributed by atoms with Gasteiger partial charge in [-0.25, -0.2) is 12.7 Å². The number of aryl methyl sites for hydroxylation is 2. The van der Waals surface area contributed by atoms with E-state index in [-0.39, 0.29) is 11.7 Å². The van der Waals surface area contributed by atoms with Crippen molar-refractivity contribution in [3.05, 3.63) is 28.8 Å². The van der Waals surface area contributed by atoms with Crippen molar-refractivity contribution in [2.24, 2.45) is 0 Å². The summed E-state index contributed by atoms with van der Waals surface area (Å²) in [5.41, 5.74) is 2.48. The summed E-state index contributed by atoms with van der Waals surface area (Å²) in [5, 5.41) is 0. The Kier molecular flexibility index (Phi) is 5.87. The van der Waals surface area contributed by atoms with Gasteiger partial charge in [0.05, 0.1) is 18.4 Å². The van der Waals surface area contributed by atoms with Crippen LogP contribution < -0.4 is 4.74 Å². The maximum Gasteiger partial charge on any atom is 0.257 e. The molecule has 1 amide bonds. The summed E-state index contributed by atoms with van der Waals surface area (Å²) in [6.45, 7) is 7.25. The van der Waals surface area contributed by atoms with Crippen LogP contribution in [0.4, 0.5) is 0 Å². The van der Waals surface area contributed by atoms with Gasteiger partial charge in [-0.1, -0.05) is 6.07 Å². The smallest absolute Gasteiger partial charge is 0.257 e. The molecule has 0 spiro atoms. The minimum absolute atomic E-state index is 0.0891. The Morgan fingerprint density at radius 1 is 1.17 bits per heavy atom. The third-order valence-electron chi connectivity index (χ3n) is 4.38. The van der Waals surface area contributed by atoms with Gasteiger partial charge in [-0.05, 0) is 44.4 Å². The Bertz CT molecular complexity index is 716. The molecule has 1 fully saturated rings. The van der Waals surface area contributed by atoms with Crippen molar-refractivity contribution in [1.29, 1.82) is 0 Å². The van der Waals surface area contributed by atoms with E-state index in [0.717, 1.165) is 11.1 Å². The van der Waals surface area contributed by atoms with Crippen LogP contribution in [0.15, 0.2) is 12.1 Å². The van der Waals surface area contributed by atoms with Crippen LogP contribution >= 0.6 is 0 Å². The number of hydrogen-bond donors (Lipinski definition) is 0. The zero-order valence-corrected chi connectivity index (χ0v) is 15.6. The molecule has 1 aliphatic heterocycles. The molecule has 24 heavy (non-hydrogen) atoms. The third kappa shape index (κ3) is 3.89. The number of hydrogen-bond acceptors (Lipinski definition) is 4. The van der Waals surface area contributed by atoms with E-state index in [2.05, 4.69) is 0 Å². The Balaban J connectivity index is 2.23. The average molecular weight is 354 g/mol. The number of rotatable bonds is 4. The Morgan fingerprint density at radius 2 is 1.88 bits per heavy atom. The molecule has 1 aromatic rings. The first-order valence-corrected chi connectivity index (χ1v) is 9.83. The van der Waals surface area contributed by atoms with Crippen LogP contribution in [0.25, 0.3) is 0 Å². The molecule has 1 saturated heterocycles. The first-order valence-electron chi connectivity index (χ1n) is 8.22. The Hall–Kier alpha value is -1.60. The first kappa shape index (κ1) is 18.7. The van der Waals surface area contributed by atoms with E-state index in [4.69, 9.17) is 4.74 Å². The highest BCUT2D eigenvalue weighted by Crippen LogP contribution is 2.26. The number of benzene rings is 1. The number of sulfonamides is 1. The van der Waals surface area contributed by atoms with E-state index in [1.54, 1.807) is 18.9 Å². The summed E-state index contributed by atoms with van der Waals surface area (Å²) in [6.07, 6.45) is 0.637. The van der Waals surface area contributed by atoms with Crippen LogP contribution in [0.3, 0.4) is 0 Å². The van der Waals surface area contributed by atoms with E-state index >= 15 is 0 Å². The van der Waals surface area contributed by atoms with Crippen molar-refractivity contribution in [2.45, 2.75) is 27.2 Å². The van der Waals surface area contributed by atoms with E-state index in [1.165, 1.54) is 4.31 Å². The number of carbonyl (C=O) groups excluding carboxylic acids is 1. The van der Waals surface area contributed by atoms with Crippen molar-refractivity contribution in [1.82, 2.24) is 9.21 Å². The highest BCUT2D eigenvalue weighted by atomic mass is 32.2. The lowest BCUT2D eigenvalue weighted by atomic mass is 10.0. The van der Waals surface area contributed by atoms with Crippen LogP contribution in [-0.4, -0.2) is 62.6 Å². The van der Waals surface area contributed by atoms with Gasteiger partial charge in [0.15, 0.2) is 0 Å². The maximum atomic E-state index is 13.0. The predicted molar refractivity (Wildman–Crippen MR) is 94.0 cm³/mol. The fourth-order valence-corrected chi connectivity index (χ4v) is 4.21. The fraction of sp³-hybridized carbons (Fsp3) is 0.588. The molecule has 1 heterocycles. The largest absolute Gasteiger partial charge is 0.496 e. The Labute approximate surface area is 144 Å². The third-order valence-corrected chi connectivity index (χ3v) is 6.26. The number of nitrogens with zero attached hydrogens (tertiary/aromatic N) is 2. The second-order valence-corrected chi connectivity index (χ2v) is 8.36. The quantitative estimate of drug-likeness (QED) is 0.827. The van der Waals surface area contributed by atoms with Gasteiger partial charge in [-0.2, -0.15) is 0 Å². The summed E-state index contributed by atoms with van der Waals surface area (Å²) < 4.78 is 31.0. The number of ether oxygens (including phenoxy) is 1. The van der Waals surface area contributed by atoms with Gasteiger partial charge in [0.2, 0.25) is 10.0 Å². The predicted octanol–water partition coefficient (Wildman–Crippen LogP) is 1.81. The van der Waals surface area contributed by atoms with Gasteiger partial charge >= 0.3 is 0 Å². The molecule has 0 radical (unpaired) electrons. The van der Waals surface area contributed by atoms with E-state index in [9.17, 15) is 13.2 Å². The SMILES string of the molecule is CCS(=O)(=O)N1CCCN(C(=O)c2c(C)cc(C)cc2OC)CC1. The van der Waals surface area contributed by atoms with E-state index in [0.29, 0.717) is 43.9 Å². The van der Waals surface area contributed by atoms with Crippen molar-refractivity contribution >= 4 is 15.9 Å². The second kappa shape index (κ2) is 7.53. The van der Waals surface area contributed by atoms with E-state index < -0.39 is 10.0 Å². The fourth-order valence-electron chi connectivity index (χ4n) is 3.08. The Morgan fingerprint density at radius 3 is 2.50 bits per heavy atom. The molecule has 0 aromatic heterocycles. The zero-order chi connectivity index (χ0) is 17.9. The van der Waals surface area contributed by atoms with Crippen LogP contribution in [-0.2, 0) is 10.0 Å². The topological polar surface area (TPSA) is 66.9 Å². The highest BCUT2D eigenvalue weighted by Gasteiger charge is 2.28. The second-order valence-electron chi connectivity index (χ2n) is 6.10. The molecule has 7 heteroatoms. The lowest BCUT2D eigenvalue weighted by molar-refractivity contribution is 0.0760. The summed E-state index contributed by atoms with van der Waals surface area (Å²) in [6, 6.07) is 3.81. The summed E-state index contributed by atoms with van der Waals surface area (Å²) in [4.78, 5) is 14.7. The van der Waals surface area contributed by atoms with Crippen molar-refractivity contribution in [2.75, 3.05) is 39.0 Å². The van der Waals surface area contributed by atoms with Crippen LogP contribution in [0.2, 0.25) is 0 Å². The zero-order valence-electron chi connectivity index (χ0n) is 14.8. The van der Waals surface area contributed by atoms with Gasteiger partial charge in [-0.3, -0.25) is 4.79 Å². The molecule has 0 saturated carbocycles. The van der Waals surface area contributed by atoms with Gasteiger partial charge < -0.3 is 9.64 Å². The summed E-state index contributed by atoms with van der Waals surface area (Å²) in [5.74, 6) is 0.561. The molecule has 1 aromatic carbocycles. The number of carbonyl (C=O) groups is 1. The minimum atomic E-state index is -3.21. The maximum absolute atomic E-state index is 13.0. The molecule has 0 atom stereocenters. The number of methoxy groups -OCH3 is 1. The molecule has 134 valence electrons. The minimum Gasteiger partial charge on any atom is -0.496 e. The molecule has 1 aliphatic rings. The van der Waals surface area contributed by atoms with Crippen LogP contribution in [0, 0.1) is 13.8 Å². The lowest BCUT2D eigenvalue weighted by Crippen LogP contribution is -2.38. The van der Waals surface area contributed by atoms with Crippen LogP contribution in [0.5, 0.6) is 5.75 Å². The lowest BCUT2D eigenvalue weighted by Gasteiger charge is -2.23. The van der Waals surface area contributed by atoms with Crippen molar-refractivity contribution in [3.63, 3.8) is 0 Å². The van der Waals surface area contributed by atoms with E-state index in [1.807, 2.05) is 26.0 Å². The van der Waals surface area contributed by atoms with Crippen LogP contribution in [0.1, 0.15) is 34.8 Å². The normalized spacial score (nSPS) is 16.8. The van der Waals surface area contributed by atoms with Crippen molar-refractivity contribution < 1.29 is 17.9 Å². The molecular formula is C17H26N2O4S. The van der Waals surface area contributed by atoms with Gasteiger partial charge in [0.25, 0.3) is 5.91 Å².